The lowest BCUT2D eigenvalue weighted by atomic mass is 9.12. The van der Waals surface area contributed by atoms with E-state index in [-0.39, 0.29) is 21.2 Å². The molecule has 0 bridgehead atoms. The van der Waals surface area contributed by atoms with Crippen LogP contribution in [-0.2, 0) is 0 Å². The highest BCUT2D eigenvalue weighted by Crippen LogP contribution is 2.40. The Kier molecular flexibility index (Phi) is 24.5. The highest BCUT2D eigenvalue weighted by molar-refractivity contribution is 7.22. The lowest BCUT2D eigenvalue weighted by Crippen LogP contribution is -3.61. The number of hydrogen-bond acceptors (Lipinski definition) is 2. The van der Waals surface area contributed by atoms with Crippen molar-refractivity contribution in [3.05, 3.63) is 166 Å². The Balaban J connectivity index is 0.000000301. The molecule has 0 aliphatic heterocycles. The molecular formula is C52H42BCl8F12IO2. The molecule has 6 aromatic carbocycles. The number of para-hydroxylation sites is 2. The minimum atomic E-state index is -5.62. The molecule has 2 nitrogen and oxygen atoms in total. The van der Waals surface area contributed by atoms with E-state index in [0.717, 1.165) is 37.6 Å². The molecule has 6 aromatic rings. The van der Waals surface area contributed by atoms with Crippen LogP contribution in [0.1, 0.15) is 90.9 Å². The monoisotopic (exact) mass is 1340 g/mol. The molecule has 0 aliphatic carbocycles. The van der Waals surface area contributed by atoms with Gasteiger partial charge in [0, 0.05) is 20.1 Å². The summed E-state index contributed by atoms with van der Waals surface area (Å²) in [6.07, 6.45) is 9.90. The summed E-state index contributed by atoms with van der Waals surface area (Å²) < 4.78 is 198. The first-order chi connectivity index (χ1) is 36.0. The summed E-state index contributed by atoms with van der Waals surface area (Å²) in [7, 11) is 0. The Morgan fingerprint density at radius 3 is 0.855 bits per heavy atom. The van der Waals surface area contributed by atoms with Crippen LogP contribution in [0.4, 0.5) is 52.7 Å². The standard InChI is InChI=1S/C28H42IO2.C24BCl8F12/c1-3-5-7-9-11-17-23-30-27-21-15-13-19-25(27)29-26-20-14-16-22-28(26)31-24-18-12-10-8-6-4-2;26-5-1(13(34)21(42)17(38)9(5)30)25(2-6(27)10(31)18(39)22(43)14(2)35,3-7(28)11(32)19(40)23(44)15(3)36)4-8(29)12(33)20(41)24(45)16(4)37/h13-16,19-22H,3-12,17-18,23-24H2,1-2H3;/q+1;-1. The van der Waals surface area contributed by atoms with Crippen LogP contribution in [0.25, 0.3) is 0 Å². The Labute approximate surface area is 481 Å². The lowest BCUT2D eigenvalue weighted by Gasteiger charge is -2.46. The Hall–Kier alpha value is -2.81. The van der Waals surface area contributed by atoms with Gasteiger partial charge in [0.15, 0.2) is 58.0 Å². The van der Waals surface area contributed by atoms with Crippen LogP contribution < -0.4 is 52.5 Å². The summed E-state index contributed by atoms with van der Waals surface area (Å²) in [5.41, 5.74) is -8.47. The van der Waals surface area contributed by atoms with E-state index in [0.29, 0.717) is 0 Å². The maximum atomic E-state index is 16.0. The largest absolute Gasteiger partial charge is 0.489 e. The van der Waals surface area contributed by atoms with E-state index in [1.807, 2.05) is 0 Å². The predicted molar refractivity (Wildman–Crippen MR) is 278 cm³/mol. The first-order valence-electron chi connectivity index (χ1n) is 23.4. The second-order valence-electron chi connectivity index (χ2n) is 17.0. The van der Waals surface area contributed by atoms with E-state index in [9.17, 15) is 17.6 Å². The van der Waals surface area contributed by atoms with Crippen molar-refractivity contribution in [3.63, 3.8) is 0 Å². The number of hydrogen-bond donors (Lipinski definition) is 0. The molecule has 0 heterocycles. The van der Waals surface area contributed by atoms with Gasteiger partial charge in [0.2, 0.25) is 7.14 Å². The molecule has 412 valence electrons. The fourth-order valence-electron chi connectivity index (χ4n) is 8.39. The maximum Gasteiger partial charge on any atom is 0.366 e. The van der Waals surface area contributed by atoms with Crippen molar-refractivity contribution in [2.45, 2.75) is 90.9 Å². The molecule has 0 aromatic heterocycles. The summed E-state index contributed by atoms with van der Waals surface area (Å²) in [5, 5.41) is -13.9. The summed E-state index contributed by atoms with van der Waals surface area (Å²) in [4.78, 5) is 0. The normalized spacial score (nSPS) is 11.6. The summed E-state index contributed by atoms with van der Waals surface area (Å²) >= 11 is 46.3. The highest BCUT2D eigenvalue weighted by Gasteiger charge is 2.50. The zero-order valence-electron chi connectivity index (χ0n) is 39.8. The molecule has 0 saturated carbocycles. The average Bonchev–Trinajstić information content (AvgIpc) is 3.53. The van der Waals surface area contributed by atoms with Crippen molar-refractivity contribution in [3.8, 4) is 11.5 Å². The van der Waals surface area contributed by atoms with E-state index in [2.05, 4.69) is 62.4 Å². The van der Waals surface area contributed by atoms with Crippen LogP contribution in [0.5, 0.6) is 11.5 Å². The van der Waals surface area contributed by atoms with Gasteiger partial charge >= 0.3 is 21.2 Å². The second kappa shape index (κ2) is 29.1. The number of rotatable bonds is 22. The fraction of sp³-hybridized carbons (Fsp3) is 0.308. The smallest absolute Gasteiger partial charge is 0.366 e. The minimum absolute atomic E-state index is 0.334. The average molecular weight is 1350 g/mol. The third kappa shape index (κ3) is 13.5. The molecule has 0 unspecified atom stereocenters. The third-order valence-electron chi connectivity index (χ3n) is 12.1. The number of halogens is 21. The molecule has 0 N–H and O–H groups in total. The van der Waals surface area contributed by atoms with Crippen LogP contribution in [0, 0.1) is 76.9 Å². The van der Waals surface area contributed by atoms with E-state index in [4.69, 9.17) is 102 Å². The van der Waals surface area contributed by atoms with E-state index < -0.39 is 138 Å². The van der Waals surface area contributed by atoms with Gasteiger partial charge in [-0.1, -0.05) is 195 Å². The topological polar surface area (TPSA) is 18.5 Å². The van der Waals surface area contributed by atoms with Crippen molar-refractivity contribution >= 4 is 121 Å². The van der Waals surface area contributed by atoms with Crippen molar-refractivity contribution < 1.29 is 83.4 Å². The van der Waals surface area contributed by atoms with Gasteiger partial charge in [0.05, 0.1) is 33.3 Å². The zero-order valence-corrected chi connectivity index (χ0v) is 48.1. The van der Waals surface area contributed by atoms with Gasteiger partial charge in [-0.3, -0.25) is 0 Å². The van der Waals surface area contributed by atoms with Gasteiger partial charge in [-0.25, -0.2) is 52.7 Å². The van der Waals surface area contributed by atoms with Gasteiger partial charge in [-0.05, 0) is 37.1 Å². The van der Waals surface area contributed by atoms with E-state index in [1.165, 1.54) is 71.3 Å². The SMILES string of the molecule is CCCCCCCCOc1ccccc1[I+]c1ccccc1OCCCCCCCC.Fc1c(F)c(Cl)c(Cl)c([B-](c2c(F)c(F)c(F)c(Cl)c2Cl)(c2c(F)c(F)c(F)c(Cl)c2Cl)c2c(F)c(F)c(F)c(Cl)c2Cl)c1F. The van der Waals surface area contributed by atoms with Crippen LogP contribution >= 0.6 is 92.8 Å². The molecule has 0 spiro atoms. The second-order valence-corrected chi connectivity index (χ2v) is 22.9. The first-order valence-corrected chi connectivity index (χ1v) is 28.5. The van der Waals surface area contributed by atoms with Gasteiger partial charge in [0.1, 0.15) is 29.4 Å². The molecule has 0 atom stereocenters. The quantitative estimate of drug-likeness (QED) is 0.0168. The molecule has 0 fully saturated rings. The van der Waals surface area contributed by atoms with Crippen molar-refractivity contribution in [2.24, 2.45) is 0 Å². The van der Waals surface area contributed by atoms with Crippen LogP contribution in [0.2, 0.25) is 40.2 Å². The maximum absolute atomic E-state index is 16.0. The minimum Gasteiger partial charge on any atom is -0.489 e. The summed E-state index contributed by atoms with van der Waals surface area (Å²) in [6.45, 7) is 6.17. The van der Waals surface area contributed by atoms with Gasteiger partial charge < -0.3 is 9.47 Å². The van der Waals surface area contributed by atoms with Crippen LogP contribution in [0.3, 0.4) is 0 Å². The molecule has 0 saturated heterocycles. The lowest BCUT2D eigenvalue weighted by molar-refractivity contribution is -0.599. The van der Waals surface area contributed by atoms with E-state index in [1.54, 1.807) is 0 Å². The Morgan fingerprint density at radius 2 is 0.579 bits per heavy atom. The van der Waals surface area contributed by atoms with Crippen molar-refractivity contribution in [2.75, 3.05) is 13.2 Å². The highest BCUT2D eigenvalue weighted by atomic mass is 127. The molecule has 24 heteroatoms. The van der Waals surface area contributed by atoms with Crippen LogP contribution in [-0.4, -0.2) is 19.4 Å². The van der Waals surface area contributed by atoms with Gasteiger partial charge in [0.25, 0.3) is 0 Å². The molecule has 0 radical (unpaired) electrons. The van der Waals surface area contributed by atoms with Crippen molar-refractivity contribution in [1.82, 2.24) is 0 Å². The molecule has 6 rings (SSSR count). The van der Waals surface area contributed by atoms with E-state index >= 15 is 35.1 Å². The summed E-state index contributed by atoms with van der Waals surface area (Å²) in [5.74, 6) is -29.1. The number of benzene rings is 6. The molecule has 0 aliphatic rings. The zero-order chi connectivity index (χ0) is 56.3. The van der Waals surface area contributed by atoms with Gasteiger partial charge in [-0.2, -0.15) is 0 Å². The van der Waals surface area contributed by atoms with Crippen LogP contribution in [0.15, 0.2) is 48.5 Å². The predicted octanol–water partition coefficient (Wildman–Crippen LogP) is 15.3. The fourth-order valence-corrected chi connectivity index (χ4v) is 13.1. The molecule has 0 amide bonds. The molecular weight excluding hydrogens is 1310 g/mol. The van der Waals surface area contributed by atoms with Crippen molar-refractivity contribution in [1.29, 1.82) is 0 Å². The number of ether oxygens (including phenoxy) is 2. The first kappa shape index (κ1) is 64.0. The van der Waals surface area contributed by atoms with Gasteiger partial charge in [-0.15, -0.1) is 21.9 Å². The summed E-state index contributed by atoms with van der Waals surface area (Å²) in [6, 6.07) is 17.2. The Bertz CT molecular complexity index is 2610. The number of unbranched alkanes of at least 4 members (excludes halogenated alkanes) is 10. The molecule has 76 heavy (non-hydrogen) atoms. The Morgan fingerprint density at radius 1 is 0.329 bits per heavy atom. The third-order valence-corrected chi connectivity index (χ3v) is 18.4.